The van der Waals surface area contributed by atoms with Gasteiger partial charge in [0, 0.05) is 12.2 Å². The molecule has 0 saturated carbocycles. The van der Waals surface area contributed by atoms with Crippen molar-refractivity contribution in [2.24, 2.45) is 0 Å². The molecule has 0 aliphatic carbocycles. The molecule has 1 aliphatic rings. The molecule has 0 radical (unpaired) electrons. The predicted molar refractivity (Wildman–Crippen MR) is 58.1 cm³/mol. The first-order valence-corrected chi connectivity index (χ1v) is 4.94. The fraction of sp³-hybridized carbons (Fsp3) is 0.0833. The first-order valence-electron chi connectivity index (χ1n) is 4.94. The molecule has 0 saturated heterocycles. The molecule has 0 aromatic heterocycles. The van der Waals surface area contributed by atoms with E-state index in [0.717, 1.165) is 4.90 Å². The van der Waals surface area contributed by atoms with Crippen molar-refractivity contribution in [1.82, 2.24) is 4.90 Å². The number of hydrogen-bond donors (Lipinski definition) is 1. The molecule has 0 spiro atoms. The molecular formula is C12H9NO4. The third-order valence-corrected chi connectivity index (χ3v) is 2.48. The van der Waals surface area contributed by atoms with E-state index in [9.17, 15) is 14.4 Å². The molecule has 1 aromatic rings. The molecule has 1 heterocycles. The van der Waals surface area contributed by atoms with Crippen molar-refractivity contribution in [1.29, 1.82) is 0 Å². The number of hydrogen-bond acceptors (Lipinski definition) is 3. The number of amides is 2. The Bertz CT molecular complexity index is 515. The van der Waals surface area contributed by atoms with Crippen molar-refractivity contribution in [2.45, 2.75) is 6.54 Å². The minimum Gasteiger partial charge on any atom is -0.478 e. The molecule has 1 aliphatic heterocycles. The summed E-state index contributed by atoms with van der Waals surface area (Å²) in [7, 11) is 0. The summed E-state index contributed by atoms with van der Waals surface area (Å²) in [5, 5.41) is 8.97. The van der Waals surface area contributed by atoms with Gasteiger partial charge in [0.1, 0.15) is 0 Å². The zero-order valence-corrected chi connectivity index (χ0v) is 8.79. The quantitative estimate of drug-likeness (QED) is 0.781. The van der Waals surface area contributed by atoms with E-state index in [1.165, 1.54) is 18.2 Å². The summed E-state index contributed by atoms with van der Waals surface area (Å²) in [6, 6.07) is 6.29. The molecule has 2 amide bonds. The molecule has 0 bridgehead atoms. The standard InChI is InChI=1S/C12H9NO4/c14-10-5-6-11(15)13(10)7-8-3-1-2-4-9(8)12(16)17/h1-6H,7H2,(H,16,17). The van der Waals surface area contributed by atoms with Crippen LogP contribution in [0.25, 0.3) is 0 Å². The maximum atomic E-state index is 11.3. The van der Waals surface area contributed by atoms with E-state index in [1.807, 2.05) is 0 Å². The van der Waals surface area contributed by atoms with E-state index in [2.05, 4.69) is 0 Å². The minimum atomic E-state index is -1.08. The van der Waals surface area contributed by atoms with Crippen LogP contribution in [0.4, 0.5) is 0 Å². The number of imide groups is 1. The minimum absolute atomic E-state index is 0.0207. The maximum Gasteiger partial charge on any atom is 0.336 e. The molecule has 0 fully saturated rings. The molecule has 1 aromatic carbocycles. The Morgan fingerprint density at radius 1 is 1.12 bits per heavy atom. The summed E-state index contributed by atoms with van der Waals surface area (Å²) in [5.74, 6) is -1.92. The van der Waals surface area contributed by atoms with Gasteiger partial charge in [0.25, 0.3) is 11.8 Å². The van der Waals surface area contributed by atoms with E-state index in [-0.39, 0.29) is 12.1 Å². The average Bonchev–Trinajstić information content (AvgIpc) is 2.61. The van der Waals surface area contributed by atoms with E-state index in [1.54, 1.807) is 18.2 Å². The fourth-order valence-electron chi connectivity index (χ4n) is 1.62. The van der Waals surface area contributed by atoms with Gasteiger partial charge < -0.3 is 5.11 Å². The molecule has 5 nitrogen and oxygen atoms in total. The molecule has 86 valence electrons. The summed E-state index contributed by atoms with van der Waals surface area (Å²) in [5.41, 5.74) is 0.533. The normalized spacial score (nSPS) is 14.5. The maximum absolute atomic E-state index is 11.3. The van der Waals surface area contributed by atoms with Gasteiger partial charge in [0.15, 0.2) is 0 Å². The number of carboxylic acid groups (broad SMARTS) is 1. The Hall–Kier alpha value is -2.43. The second-order valence-corrected chi connectivity index (χ2v) is 3.56. The van der Waals surface area contributed by atoms with Crippen LogP contribution in [0.2, 0.25) is 0 Å². The van der Waals surface area contributed by atoms with Crippen LogP contribution in [-0.2, 0) is 16.1 Å². The zero-order chi connectivity index (χ0) is 12.4. The van der Waals surface area contributed by atoms with E-state index in [4.69, 9.17) is 5.11 Å². The van der Waals surface area contributed by atoms with Crippen molar-refractivity contribution in [3.63, 3.8) is 0 Å². The molecule has 0 unspecified atom stereocenters. The van der Waals surface area contributed by atoms with Crippen LogP contribution < -0.4 is 0 Å². The number of carboxylic acids is 1. The van der Waals surface area contributed by atoms with Crippen molar-refractivity contribution in [3.05, 3.63) is 47.5 Å². The van der Waals surface area contributed by atoms with Gasteiger partial charge in [-0.15, -0.1) is 0 Å². The zero-order valence-electron chi connectivity index (χ0n) is 8.79. The van der Waals surface area contributed by atoms with Crippen LogP contribution in [0.1, 0.15) is 15.9 Å². The van der Waals surface area contributed by atoms with Gasteiger partial charge in [0.05, 0.1) is 12.1 Å². The first-order chi connectivity index (χ1) is 8.09. The number of carbonyl (C=O) groups is 3. The molecule has 2 rings (SSSR count). The predicted octanol–water partition coefficient (Wildman–Crippen LogP) is 0.810. The van der Waals surface area contributed by atoms with Gasteiger partial charge in [-0.3, -0.25) is 14.5 Å². The second kappa shape index (κ2) is 4.21. The lowest BCUT2D eigenvalue weighted by Gasteiger charge is -2.15. The van der Waals surface area contributed by atoms with Crippen molar-refractivity contribution in [2.75, 3.05) is 0 Å². The SMILES string of the molecule is O=C(O)c1ccccc1CN1C(=O)C=CC1=O. The van der Waals surface area contributed by atoms with Crippen molar-refractivity contribution in [3.8, 4) is 0 Å². The molecule has 1 N–H and O–H groups in total. The van der Waals surface area contributed by atoms with Gasteiger partial charge in [-0.05, 0) is 11.6 Å². The van der Waals surface area contributed by atoms with Crippen LogP contribution in [0.5, 0.6) is 0 Å². The Kier molecular flexibility index (Phi) is 2.74. The largest absolute Gasteiger partial charge is 0.478 e. The van der Waals surface area contributed by atoms with Crippen LogP contribution >= 0.6 is 0 Å². The summed E-state index contributed by atoms with van der Waals surface area (Å²) in [6.07, 6.45) is 2.34. The third kappa shape index (κ3) is 2.08. The summed E-state index contributed by atoms with van der Waals surface area (Å²) < 4.78 is 0. The number of benzene rings is 1. The summed E-state index contributed by atoms with van der Waals surface area (Å²) in [4.78, 5) is 34.6. The van der Waals surface area contributed by atoms with Crippen LogP contribution in [0.15, 0.2) is 36.4 Å². The molecular weight excluding hydrogens is 222 g/mol. The Morgan fingerprint density at radius 2 is 1.71 bits per heavy atom. The van der Waals surface area contributed by atoms with Gasteiger partial charge in [0.2, 0.25) is 0 Å². The number of aromatic carboxylic acids is 1. The second-order valence-electron chi connectivity index (χ2n) is 3.56. The van der Waals surface area contributed by atoms with Crippen LogP contribution in [0.3, 0.4) is 0 Å². The van der Waals surface area contributed by atoms with E-state index < -0.39 is 17.8 Å². The van der Waals surface area contributed by atoms with Gasteiger partial charge in [-0.2, -0.15) is 0 Å². The molecule has 0 atom stereocenters. The fourth-order valence-corrected chi connectivity index (χ4v) is 1.62. The van der Waals surface area contributed by atoms with Crippen molar-refractivity contribution >= 4 is 17.8 Å². The monoisotopic (exact) mass is 231 g/mol. The highest BCUT2D eigenvalue weighted by Gasteiger charge is 2.24. The van der Waals surface area contributed by atoms with Gasteiger partial charge in [-0.1, -0.05) is 18.2 Å². The number of rotatable bonds is 3. The highest BCUT2D eigenvalue weighted by atomic mass is 16.4. The van der Waals surface area contributed by atoms with Gasteiger partial charge >= 0.3 is 5.97 Å². The van der Waals surface area contributed by atoms with Crippen molar-refractivity contribution < 1.29 is 19.5 Å². The van der Waals surface area contributed by atoms with Crippen LogP contribution in [0, 0.1) is 0 Å². The average molecular weight is 231 g/mol. The lowest BCUT2D eigenvalue weighted by atomic mass is 10.1. The summed E-state index contributed by atoms with van der Waals surface area (Å²) in [6.45, 7) is -0.0207. The summed E-state index contributed by atoms with van der Waals surface area (Å²) >= 11 is 0. The first kappa shape index (κ1) is 11.1. The van der Waals surface area contributed by atoms with Crippen LogP contribution in [-0.4, -0.2) is 27.8 Å². The third-order valence-electron chi connectivity index (χ3n) is 2.48. The number of carbonyl (C=O) groups excluding carboxylic acids is 2. The highest BCUT2D eigenvalue weighted by Crippen LogP contribution is 2.14. The molecule has 5 heteroatoms. The Morgan fingerprint density at radius 3 is 2.29 bits per heavy atom. The number of nitrogens with zero attached hydrogens (tertiary/aromatic N) is 1. The highest BCUT2D eigenvalue weighted by molar-refractivity contribution is 6.12. The van der Waals surface area contributed by atoms with Gasteiger partial charge in [-0.25, -0.2) is 4.79 Å². The Labute approximate surface area is 97.0 Å². The topological polar surface area (TPSA) is 74.7 Å². The smallest absolute Gasteiger partial charge is 0.336 e. The van der Waals surface area contributed by atoms with E-state index >= 15 is 0 Å². The lowest BCUT2D eigenvalue weighted by Crippen LogP contribution is -2.30. The molecule has 17 heavy (non-hydrogen) atoms. The van der Waals surface area contributed by atoms with E-state index in [0.29, 0.717) is 5.56 Å². The Balaban J connectivity index is 2.28. The lowest BCUT2D eigenvalue weighted by molar-refractivity contribution is -0.137.